The molecule has 0 aromatic carbocycles. The van der Waals surface area contributed by atoms with Crippen molar-refractivity contribution in [1.29, 1.82) is 0 Å². The number of hydrogen-bond donors (Lipinski definition) is 1. The summed E-state index contributed by atoms with van der Waals surface area (Å²) in [7, 11) is 0. The number of aromatic nitrogens is 2. The van der Waals surface area contributed by atoms with Gasteiger partial charge in [0.2, 0.25) is 0 Å². The van der Waals surface area contributed by atoms with Crippen LogP contribution >= 0.6 is 22.9 Å². The highest BCUT2D eigenvalue weighted by Crippen LogP contribution is 2.21. The summed E-state index contributed by atoms with van der Waals surface area (Å²) in [6.45, 7) is 0.546. The summed E-state index contributed by atoms with van der Waals surface area (Å²) in [5.41, 5.74) is 0.192. The van der Waals surface area contributed by atoms with Crippen LogP contribution in [0.1, 0.15) is 15.2 Å². The number of aromatic carboxylic acids is 1. The van der Waals surface area contributed by atoms with Gasteiger partial charge in [0.15, 0.2) is 0 Å². The summed E-state index contributed by atoms with van der Waals surface area (Å²) in [5.74, 6) is -0.967. The number of halogens is 1. The summed E-state index contributed by atoms with van der Waals surface area (Å²) < 4.78 is 2.29. The summed E-state index contributed by atoms with van der Waals surface area (Å²) in [5, 5.41) is 12.6. The Balaban J connectivity index is 2.14. The fourth-order valence-corrected chi connectivity index (χ4v) is 2.24. The van der Waals surface area contributed by atoms with E-state index in [-0.39, 0.29) is 5.56 Å². The Morgan fingerprint density at radius 3 is 2.93 bits per heavy atom. The molecule has 0 saturated carbocycles. The maximum absolute atomic E-state index is 10.6. The number of rotatable bonds is 3. The monoisotopic (exact) mass is 242 g/mol. The van der Waals surface area contributed by atoms with E-state index >= 15 is 0 Å². The molecule has 2 rings (SSSR count). The van der Waals surface area contributed by atoms with Gasteiger partial charge in [-0.05, 0) is 12.1 Å². The molecule has 2 aromatic rings. The molecule has 0 fully saturated rings. The van der Waals surface area contributed by atoms with Crippen LogP contribution in [0.15, 0.2) is 24.5 Å². The lowest BCUT2D eigenvalue weighted by atomic mass is 10.4. The highest BCUT2D eigenvalue weighted by Gasteiger charge is 2.06. The van der Waals surface area contributed by atoms with Gasteiger partial charge < -0.3 is 5.11 Å². The molecule has 0 bridgehead atoms. The van der Waals surface area contributed by atoms with Crippen molar-refractivity contribution in [3.8, 4) is 0 Å². The molecule has 4 nitrogen and oxygen atoms in total. The lowest BCUT2D eigenvalue weighted by Crippen LogP contribution is -1.98. The number of thiophene rings is 1. The molecule has 0 unspecified atom stereocenters. The number of carbonyl (C=O) groups is 1. The van der Waals surface area contributed by atoms with Gasteiger partial charge in [-0.25, -0.2) is 4.79 Å². The third kappa shape index (κ3) is 2.37. The molecular weight excluding hydrogens is 236 g/mol. The molecule has 78 valence electrons. The SMILES string of the molecule is O=C(O)c1cnn(Cc2ccc(Cl)s2)c1. The summed E-state index contributed by atoms with van der Waals surface area (Å²) in [4.78, 5) is 11.6. The van der Waals surface area contributed by atoms with Crippen molar-refractivity contribution in [1.82, 2.24) is 9.78 Å². The standard InChI is InChI=1S/C9H7ClN2O2S/c10-8-2-1-7(15-8)5-12-4-6(3-11-12)9(13)14/h1-4H,5H2,(H,13,14). The second-order valence-electron chi connectivity index (χ2n) is 2.94. The van der Waals surface area contributed by atoms with Crippen LogP contribution in [-0.2, 0) is 6.54 Å². The van der Waals surface area contributed by atoms with Gasteiger partial charge in [0.25, 0.3) is 0 Å². The summed E-state index contributed by atoms with van der Waals surface area (Å²) in [6, 6.07) is 3.71. The first-order valence-corrected chi connectivity index (χ1v) is 5.34. The molecular formula is C9H7ClN2O2S. The van der Waals surface area contributed by atoms with E-state index < -0.39 is 5.97 Å². The molecule has 2 heterocycles. The summed E-state index contributed by atoms with van der Waals surface area (Å²) >= 11 is 7.23. The van der Waals surface area contributed by atoms with E-state index in [1.54, 1.807) is 4.68 Å². The van der Waals surface area contributed by atoms with Gasteiger partial charge >= 0.3 is 5.97 Å². The molecule has 0 aliphatic rings. The molecule has 0 spiro atoms. The largest absolute Gasteiger partial charge is 0.478 e. The molecule has 0 aliphatic heterocycles. The zero-order valence-electron chi connectivity index (χ0n) is 7.55. The molecule has 0 aliphatic carbocycles. The maximum atomic E-state index is 10.6. The second kappa shape index (κ2) is 4.04. The third-order valence-corrected chi connectivity index (χ3v) is 3.04. The Morgan fingerprint density at radius 1 is 1.60 bits per heavy atom. The molecule has 1 N–H and O–H groups in total. The number of carboxylic acid groups (broad SMARTS) is 1. The first kappa shape index (κ1) is 10.2. The van der Waals surface area contributed by atoms with Crippen LogP contribution in [0.5, 0.6) is 0 Å². The van der Waals surface area contributed by atoms with E-state index in [9.17, 15) is 4.79 Å². The first-order chi connectivity index (χ1) is 7.15. The summed E-state index contributed by atoms with van der Waals surface area (Å²) in [6.07, 6.45) is 2.83. The minimum atomic E-state index is -0.967. The number of carboxylic acids is 1. The van der Waals surface area contributed by atoms with E-state index in [0.717, 1.165) is 9.21 Å². The van der Waals surface area contributed by atoms with Gasteiger partial charge in [-0.2, -0.15) is 5.10 Å². The molecule has 6 heteroatoms. The normalized spacial score (nSPS) is 10.5. The first-order valence-electron chi connectivity index (χ1n) is 4.15. The van der Waals surface area contributed by atoms with Gasteiger partial charge in [-0.15, -0.1) is 11.3 Å². The fourth-order valence-electron chi connectivity index (χ4n) is 1.16. The lowest BCUT2D eigenvalue weighted by Gasteiger charge is -1.96. The zero-order chi connectivity index (χ0) is 10.8. The van der Waals surface area contributed by atoms with Gasteiger partial charge in [-0.1, -0.05) is 11.6 Å². The highest BCUT2D eigenvalue weighted by molar-refractivity contribution is 7.16. The lowest BCUT2D eigenvalue weighted by molar-refractivity contribution is 0.0697. The third-order valence-electron chi connectivity index (χ3n) is 1.83. The average Bonchev–Trinajstić information content (AvgIpc) is 2.76. The van der Waals surface area contributed by atoms with Crippen LogP contribution in [0.25, 0.3) is 0 Å². The minimum Gasteiger partial charge on any atom is -0.478 e. The minimum absolute atomic E-state index is 0.192. The Morgan fingerprint density at radius 2 is 2.40 bits per heavy atom. The van der Waals surface area contributed by atoms with Crippen molar-refractivity contribution >= 4 is 28.9 Å². The number of nitrogens with zero attached hydrogens (tertiary/aromatic N) is 2. The molecule has 0 radical (unpaired) electrons. The topological polar surface area (TPSA) is 55.1 Å². The van der Waals surface area contributed by atoms with Crippen molar-refractivity contribution in [3.63, 3.8) is 0 Å². The van der Waals surface area contributed by atoms with Crippen molar-refractivity contribution in [2.75, 3.05) is 0 Å². The van der Waals surface area contributed by atoms with E-state index in [1.165, 1.54) is 23.7 Å². The van der Waals surface area contributed by atoms with E-state index in [0.29, 0.717) is 6.54 Å². The fraction of sp³-hybridized carbons (Fsp3) is 0.111. The van der Waals surface area contributed by atoms with Crippen LogP contribution in [0.4, 0.5) is 0 Å². The van der Waals surface area contributed by atoms with Gasteiger partial charge in [0.05, 0.1) is 22.6 Å². The zero-order valence-corrected chi connectivity index (χ0v) is 9.13. The predicted octanol–water partition coefficient (Wildman–Crippen LogP) is 2.34. The van der Waals surface area contributed by atoms with Gasteiger partial charge in [-0.3, -0.25) is 4.68 Å². The van der Waals surface area contributed by atoms with Crippen molar-refractivity contribution in [2.24, 2.45) is 0 Å². The van der Waals surface area contributed by atoms with Gasteiger partial charge in [0.1, 0.15) is 0 Å². The molecule has 0 amide bonds. The predicted molar refractivity (Wildman–Crippen MR) is 57.6 cm³/mol. The van der Waals surface area contributed by atoms with Crippen molar-refractivity contribution in [2.45, 2.75) is 6.54 Å². The second-order valence-corrected chi connectivity index (χ2v) is 4.74. The van der Waals surface area contributed by atoms with Gasteiger partial charge in [0, 0.05) is 11.1 Å². The van der Waals surface area contributed by atoms with Crippen molar-refractivity contribution in [3.05, 3.63) is 39.3 Å². The van der Waals surface area contributed by atoms with E-state index in [4.69, 9.17) is 16.7 Å². The van der Waals surface area contributed by atoms with Crippen LogP contribution in [-0.4, -0.2) is 20.9 Å². The Hall–Kier alpha value is -1.33. The Labute approximate surface area is 94.7 Å². The molecule has 0 atom stereocenters. The van der Waals surface area contributed by atoms with Crippen LogP contribution in [0.3, 0.4) is 0 Å². The maximum Gasteiger partial charge on any atom is 0.338 e. The van der Waals surface area contributed by atoms with E-state index in [1.807, 2.05) is 12.1 Å². The highest BCUT2D eigenvalue weighted by atomic mass is 35.5. The Bertz CT molecular complexity index is 492. The smallest absolute Gasteiger partial charge is 0.338 e. The average molecular weight is 243 g/mol. The van der Waals surface area contributed by atoms with Crippen LogP contribution in [0.2, 0.25) is 4.34 Å². The molecule has 0 saturated heterocycles. The van der Waals surface area contributed by atoms with Crippen LogP contribution < -0.4 is 0 Å². The van der Waals surface area contributed by atoms with E-state index in [2.05, 4.69) is 5.10 Å². The number of hydrogen-bond acceptors (Lipinski definition) is 3. The quantitative estimate of drug-likeness (QED) is 0.899. The van der Waals surface area contributed by atoms with Crippen LogP contribution in [0, 0.1) is 0 Å². The Kier molecular flexibility index (Phi) is 2.75. The molecule has 2 aromatic heterocycles. The molecule has 15 heavy (non-hydrogen) atoms. The van der Waals surface area contributed by atoms with Crippen molar-refractivity contribution < 1.29 is 9.90 Å².